The van der Waals surface area contributed by atoms with Crippen LogP contribution >= 0.6 is 0 Å². The lowest BCUT2D eigenvalue weighted by Crippen LogP contribution is -2.46. The van der Waals surface area contributed by atoms with Crippen molar-refractivity contribution < 1.29 is 9.63 Å². The van der Waals surface area contributed by atoms with Crippen LogP contribution < -0.4 is 5.73 Å². The Bertz CT molecular complexity index is 761. The van der Waals surface area contributed by atoms with E-state index in [0.29, 0.717) is 23.7 Å². The molecule has 1 aromatic heterocycles. The van der Waals surface area contributed by atoms with Crippen LogP contribution in [0.2, 0.25) is 0 Å². The van der Waals surface area contributed by atoms with Gasteiger partial charge >= 0.3 is 0 Å². The molecule has 1 saturated carbocycles. The fourth-order valence-corrected chi connectivity index (χ4v) is 5.68. The first kappa shape index (κ1) is 23.0. The van der Waals surface area contributed by atoms with Crippen LogP contribution in [0.4, 0.5) is 5.95 Å². The number of nitrogens with two attached hydrogens (primary N) is 1. The zero-order valence-corrected chi connectivity index (χ0v) is 19.4. The van der Waals surface area contributed by atoms with Gasteiger partial charge in [0.05, 0.1) is 5.71 Å². The van der Waals surface area contributed by atoms with E-state index in [1.54, 1.807) is 19.5 Å². The molecule has 0 unspecified atom stereocenters. The number of aromatic nitrogens is 2. The van der Waals surface area contributed by atoms with Gasteiger partial charge in [0.2, 0.25) is 11.9 Å². The van der Waals surface area contributed by atoms with E-state index in [1.807, 2.05) is 0 Å². The summed E-state index contributed by atoms with van der Waals surface area (Å²) in [6.07, 6.45) is 13.9. The second-order valence-corrected chi connectivity index (χ2v) is 9.63. The molecule has 0 spiro atoms. The van der Waals surface area contributed by atoms with E-state index in [4.69, 9.17) is 10.6 Å². The summed E-state index contributed by atoms with van der Waals surface area (Å²) < 4.78 is 0. The number of piperidine rings is 2. The third kappa shape index (κ3) is 5.77. The Kier molecular flexibility index (Phi) is 7.95. The Labute approximate surface area is 191 Å². The van der Waals surface area contributed by atoms with Crippen LogP contribution in [0.5, 0.6) is 0 Å². The van der Waals surface area contributed by atoms with Gasteiger partial charge in [-0.3, -0.25) is 9.69 Å². The maximum atomic E-state index is 13.2. The minimum atomic E-state index is 0.149. The van der Waals surface area contributed by atoms with Crippen LogP contribution in [-0.4, -0.2) is 64.7 Å². The smallest absolute Gasteiger partial charge is 0.225 e. The predicted octanol–water partition coefficient (Wildman–Crippen LogP) is 3.09. The molecule has 32 heavy (non-hydrogen) atoms. The summed E-state index contributed by atoms with van der Waals surface area (Å²) in [4.78, 5) is 31.0. The van der Waals surface area contributed by atoms with Crippen LogP contribution in [0.15, 0.2) is 17.5 Å². The molecule has 3 heterocycles. The largest absolute Gasteiger partial charge is 0.399 e. The van der Waals surface area contributed by atoms with Gasteiger partial charge in [0.1, 0.15) is 7.11 Å². The van der Waals surface area contributed by atoms with Crippen molar-refractivity contribution in [3.05, 3.63) is 18.0 Å². The van der Waals surface area contributed by atoms with Crippen LogP contribution in [0.1, 0.15) is 63.4 Å². The molecule has 2 N–H and O–H groups in total. The average Bonchev–Trinajstić information content (AvgIpc) is 2.85. The molecule has 1 aromatic rings. The highest BCUT2D eigenvalue weighted by molar-refractivity contribution is 5.89. The van der Waals surface area contributed by atoms with Gasteiger partial charge in [-0.2, -0.15) is 0 Å². The van der Waals surface area contributed by atoms with Crippen molar-refractivity contribution in [3.8, 4) is 0 Å². The lowest BCUT2D eigenvalue weighted by molar-refractivity contribution is -0.138. The maximum Gasteiger partial charge on any atom is 0.225 e. The summed E-state index contributed by atoms with van der Waals surface area (Å²) in [6.45, 7) is 4.38. The third-order valence-corrected chi connectivity index (χ3v) is 7.51. The second-order valence-electron chi connectivity index (χ2n) is 9.63. The van der Waals surface area contributed by atoms with Gasteiger partial charge in [0, 0.05) is 55.3 Å². The van der Waals surface area contributed by atoms with Crippen molar-refractivity contribution in [2.45, 2.75) is 64.3 Å². The van der Waals surface area contributed by atoms with Crippen molar-refractivity contribution in [2.24, 2.45) is 22.9 Å². The van der Waals surface area contributed by atoms with Crippen LogP contribution in [0.25, 0.3) is 0 Å². The van der Waals surface area contributed by atoms with E-state index >= 15 is 0 Å². The highest BCUT2D eigenvalue weighted by Gasteiger charge is 2.34. The second kappa shape index (κ2) is 11.1. The Morgan fingerprint density at radius 2 is 1.56 bits per heavy atom. The zero-order valence-electron chi connectivity index (χ0n) is 19.4. The molecular formula is C24H38N6O2. The first-order valence-corrected chi connectivity index (χ1v) is 12.3. The molecule has 176 valence electrons. The Morgan fingerprint density at radius 3 is 2.19 bits per heavy atom. The first-order valence-electron chi connectivity index (χ1n) is 12.3. The molecule has 4 rings (SSSR count). The van der Waals surface area contributed by atoms with Crippen molar-refractivity contribution in [1.82, 2.24) is 19.8 Å². The third-order valence-electron chi connectivity index (χ3n) is 7.51. The standard InChI is InChI=1S/C24H38N6O2/c1-32-28-22(19-5-3-2-4-6-19)20-9-13-30(14-10-20)23(31)21-7-11-29(12-8-21)17-18-15-26-24(25)27-16-18/h15-16,19-21H,2-14,17H2,1H3,(H2,25,26,27). The Hall–Kier alpha value is -2.22. The minimum absolute atomic E-state index is 0.149. The highest BCUT2D eigenvalue weighted by Crippen LogP contribution is 2.32. The van der Waals surface area contributed by atoms with E-state index in [0.717, 1.165) is 64.0 Å². The number of nitrogen functional groups attached to an aromatic ring is 1. The van der Waals surface area contributed by atoms with Gasteiger partial charge in [-0.15, -0.1) is 0 Å². The number of carbonyl (C=O) groups is 1. The molecule has 2 aliphatic heterocycles. The Morgan fingerprint density at radius 1 is 0.969 bits per heavy atom. The number of rotatable bonds is 6. The molecule has 1 amide bonds. The summed E-state index contributed by atoms with van der Waals surface area (Å²) in [7, 11) is 1.66. The van der Waals surface area contributed by atoms with Crippen LogP contribution in [0, 0.1) is 17.8 Å². The molecule has 8 nitrogen and oxygen atoms in total. The van der Waals surface area contributed by atoms with E-state index in [1.165, 1.54) is 37.8 Å². The SMILES string of the molecule is CON=C(C1CCCCC1)C1CCN(C(=O)C2CCN(Cc3cnc(N)nc3)CC2)CC1. The molecule has 1 aliphatic carbocycles. The monoisotopic (exact) mass is 442 g/mol. The van der Waals surface area contributed by atoms with E-state index in [2.05, 4.69) is 24.9 Å². The van der Waals surface area contributed by atoms with E-state index in [9.17, 15) is 4.79 Å². The van der Waals surface area contributed by atoms with Crippen LogP contribution in [-0.2, 0) is 16.2 Å². The molecular weight excluding hydrogens is 404 g/mol. The molecule has 3 fully saturated rings. The molecule has 3 aliphatic rings. The summed E-state index contributed by atoms with van der Waals surface area (Å²) in [5.74, 6) is 1.84. The lowest BCUT2D eigenvalue weighted by atomic mass is 9.78. The number of oxime groups is 1. The summed E-state index contributed by atoms with van der Waals surface area (Å²) in [5.41, 5.74) is 7.90. The summed E-state index contributed by atoms with van der Waals surface area (Å²) >= 11 is 0. The number of nitrogens with zero attached hydrogens (tertiary/aromatic N) is 5. The van der Waals surface area contributed by atoms with Gasteiger partial charge < -0.3 is 15.5 Å². The quantitative estimate of drug-likeness (QED) is 0.537. The van der Waals surface area contributed by atoms with Crippen molar-refractivity contribution in [3.63, 3.8) is 0 Å². The molecule has 8 heteroatoms. The van der Waals surface area contributed by atoms with Crippen molar-refractivity contribution >= 4 is 17.6 Å². The highest BCUT2D eigenvalue weighted by atomic mass is 16.6. The van der Waals surface area contributed by atoms with E-state index in [-0.39, 0.29) is 5.92 Å². The van der Waals surface area contributed by atoms with Gasteiger partial charge in [0.25, 0.3) is 0 Å². The predicted molar refractivity (Wildman–Crippen MR) is 125 cm³/mol. The minimum Gasteiger partial charge on any atom is -0.399 e. The maximum absolute atomic E-state index is 13.2. The molecule has 2 saturated heterocycles. The first-order chi connectivity index (χ1) is 15.6. The lowest BCUT2D eigenvalue weighted by Gasteiger charge is -2.38. The van der Waals surface area contributed by atoms with Gasteiger partial charge in [-0.05, 0) is 51.6 Å². The number of carbonyl (C=O) groups excluding carboxylic acids is 1. The number of hydrogen-bond donors (Lipinski definition) is 1. The van der Waals surface area contributed by atoms with Crippen molar-refractivity contribution in [2.75, 3.05) is 39.0 Å². The topological polar surface area (TPSA) is 96.9 Å². The van der Waals surface area contributed by atoms with E-state index < -0.39 is 0 Å². The number of hydrogen-bond acceptors (Lipinski definition) is 7. The van der Waals surface area contributed by atoms with Gasteiger partial charge in [-0.25, -0.2) is 9.97 Å². The number of likely N-dealkylation sites (tertiary alicyclic amines) is 2. The van der Waals surface area contributed by atoms with Gasteiger partial charge in [-0.1, -0.05) is 24.4 Å². The fourth-order valence-electron chi connectivity index (χ4n) is 5.68. The molecule has 0 radical (unpaired) electrons. The summed E-state index contributed by atoms with van der Waals surface area (Å²) in [5, 5.41) is 4.47. The number of amides is 1. The number of anilines is 1. The Balaban J connectivity index is 1.24. The van der Waals surface area contributed by atoms with Gasteiger partial charge in [0.15, 0.2) is 0 Å². The fraction of sp³-hybridized carbons (Fsp3) is 0.750. The van der Waals surface area contributed by atoms with Crippen LogP contribution in [0.3, 0.4) is 0 Å². The molecule has 0 atom stereocenters. The molecule has 0 bridgehead atoms. The molecule has 0 aromatic carbocycles. The normalized spacial score (nSPS) is 22.8. The summed E-state index contributed by atoms with van der Waals surface area (Å²) in [6, 6.07) is 0. The average molecular weight is 443 g/mol. The zero-order chi connectivity index (χ0) is 22.3. The van der Waals surface area contributed by atoms with Crippen molar-refractivity contribution in [1.29, 1.82) is 0 Å².